The Balaban J connectivity index is 1.27. The predicted molar refractivity (Wildman–Crippen MR) is 170 cm³/mol. The maximum atomic E-state index is 15.3. The lowest BCUT2D eigenvalue weighted by atomic mass is 9.99. The van der Waals surface area contributed by atoms with Crippen molar-refractivity contribution in [3.05, 3.63) is 83.1 Å². The molecule has 43 heavy (non-hydrogen) atoms. The van der Waals surface area contributed by atoms with Crippen molar-refractivity contribution in [2.24, 2.45) is 0 Å². The number of fused-ring (bicyclic) bond motifs is 1. The van der Waals surface area contributed by atoms with Crippen LogP contribution in [0.2, 0.25) is 0 Å². The first kappa shape index (κ1) is 29.7. The maximum Gasteiger partial charge on any atom is 0.254 e. The lowest BCUT2D eigenvalue weighted by molar-refractivity contribution is 0.0662. The van der Waals surface area contributed by atoms with Crippen LogP contribution in [0.1, 0.15) is 34.3 Å². The van der Waals surface area contributed by atoms with Crippen LogP contribution in [0.25, 0.3) is 33.4 Å². The molecular weight excluding hydrogens is 564 g/mol. The van der Waals surface area contributed by atoms with Gasteiger partial charge >= 0.3 is 0 Å². The molecule has 3 heterocycles. The second-order valence-corrected chi connectivity index (χ2v) is 13.0. The van der Waals surface area contributed by atoms with Gasteiger partial charge in [0.25, 0.3) is 5.91 Å². The number of piperidine rings is 1. The molecule has 6 nitrogen and oxygen atoms in total. The summed E-state index contributed by atoms with van der Waals surface area (Å²) >= 11 is 1.87. The molecular formula is C34H37F2N5OS. The first-order valence-corrected chi connectivity index (χ1v) is 16.0. The molecule has 0 bridgehead atoms. The van der Waals surface area contributed by atoms with E-state index >= 15 is 8.78 Å². The van der Waals surface area contributed by atoms with Crippen molar-refractivity contribution in [1.29, 1.82) is 0 Å². The minimum Gasteiger partial charge on any atom is -0.339 e. The zero-order valence-corrected chi connectivity index (χ0v) is 25.8. The molecule has 3 aromatic carbocycles. The first-order valence-electron chi connectivity index (χ1n) is 14.9. The third-order valence-corrected chi connectivity index (χ3v) is 9.69. The van der Waals surface area contributed by atoms with Gasteiger partial charge < -0.3 is 9.80 Å². The summed E-state index contributed by atoms with van der Waals surface area (Å²) in [4.78, 5) is 29.1. The molecule has 9 heteroatoms. The molecule has 4 aromatic rings. The molecule has 2 aliphatic heterocycles. The normalized spacial score (nSPS) is 16.7. The third kappa shape index (κ3) is 6.30. The summed E-state index contributed by atoms with van der Waals surface area (Å²) in [5.74, 6) is 0.923. The fraction of sp³-hybridized carbons (Fsp3) is 0.382. The predicted octanol–water partition coefficient (Wildman–Crippen LogP) is 6.27. The van der Waals surface area contributed by atoms with Crippen LogP contribution >= 0.6 is 11.8 Å². The van der Waals surface area contributed by atoms with E-state index in [-0.39, 0.29) is 18.0 Å². The van der Waals surface area contributed by atoms with Gasteiger partial charge in [0.15, 0.2) is 0 Å². The Bertz CT molecular complexity index is 1620. The Morgan fingerprint density at radius 1 is 0.977 bits per heavy atom. The van der Waals surface area contributed by atoms with Gasteiger partial charge in [0.1, 0.15) is 11.6 Å². The Hall–Kier alpha value is -3.40. The summed E-state index contributed by atoms with van der Waals surface area (Å²) in [6, 6.07) is 14.6. The molecule has 0 radical (unpaired) electrons. The fourth-order valence-corrected chi connectivity index (χ4v) is 7.09. The second-order valence-electron chi connectivity index (χ2n) is 11.8. The van der Waals surface area contributed by atoms with Crippen molar-refractivity contribution in [1.82, 2.24) is 24.7 Å². The molecule has 0 unspecified atom stereocenters. The van der Waals surface area contributed by atoms with E-state index < -0.39 is 11.6 Å². The minimum absolute atomic E-state index is 0.0554. The van der Waals surface area contributed by atoms with E-state index in [1.165, 1.54) is 12.1 Å². The lowest BCUT2D eigenvalue weighted by Crippen LogP contribution is -2.44. The average molecular weight is 602 g/mol. The van der Waals surface area contributed by atoms with Crippen LogP contribution in [0.5, 0.6) is 0 Å². The van der Waals surface area contributed by atoms with Gasteiger partial charge in [-0.25, -0.2) is 13.8 Å². The highest BCUT2D eigenvalue weighted by atomic mass is 32.2. The summed E-state index contributed by atoms with van der Waals surface area (Å²) in [6.45, 7) is 5.38. The molecule has 6 rings (SSSR count). The third-order valence-electron chi connectivity index (χ3n) is 8.74. The van der Waals surface area contributed by atoms with Crippen molar-refractivity contribution in [2.45, 2.75) is 32.4 Å². The van der Waals surface area contributed by atoms with Crippen LogP contribution in [0.15, 0.2) is 54.7 Å². The molecule has 2 fully saturated rings. The van der Waals surface area contributed by atoms with Gasteiger partial charge in [0.2, 0.25) is 0 Å². The molecule has 0 N–H and O–H groups in total. The van der Waals surface area contributed by atoms with E-state index in [0.717, 1.165) is 61.7 Å². The first-order chi connectivity index (χ1) is 20.8. The second kappa shape index (κ2) is 12.7. The Kier molecular flexibility index (Phi) is 8.75. The molecule has 0 atom stereocenters. The van der Waals surface area contributed by atoms with Crippen LogP contribution in [-0.4, -0.2) is 88.4 Å². The van der Waals surface area contributed by atoms with Crippen LogP contribution in [0, 0.1) is 18.6 Å². The number of amides is 1. The molecule has 2 aliphatic rings. The number of carbonyl (C=O) groups is 1. The molecule has 2 saturated heterocycles. The largest absolute Gasteiger partial charge is 0.339 e. The van der Waals surface area contributed by atoms with Gasteiger partial charge in [-0.05, 0) is 75.3 Å². The van der Waals surface area contributed by atoms with Crippen LogP contribution in [-0.2, 0) is 6.54 Å². The number of benzene rings is 3. The van der Waals surface area contributed by atoms with E-state index in [4.69, 9.17) is 4.98 Å². The zero-order valence-electron chi connectivity index (χ0n) is 24.9. The molecule has 1 amide bonds. The Morgan fingerprint density at radius 2 is 1.70 bits per heavy atom. The summed E-state index contributed by atoms with van der Waals surface area (Å²) in [7, 11) is 4.18. The highest BCUT2D eigenvalue weighted by Gasteiger charge is 2.26. The number of likely N-dealkylation sites (tertiary alicyclic amines) is 1. The Labute approximate surface area is 256 Å². The highest BCUT2D eigenvalue weighted by molar-refractivity contribution is 7.99. The smallest absolute Gasteiger partial charge is 0.254 e. The van der Waals surface area contributed by atoms with Gasteiger partial charge in [0.05, 0.1) is 22.9 Å². The molecule has 1 aromatic heterocycles. The number of hydrogen-bond donors (Lipinski definition) is 0. The topological polar surface area (TPSA) is 52.6 Å². The van der Waals surface area contributed by atoms with Crippen molar-refractivity contribution < 1.29 is 13.6 Å². The highest BCUT2D eigenvalue weighted by Crippen LogP contribution is 2.32. The van der Waals surface area contributed by atoms with Crippen molar-refractivity contribution in [3.8, 4) is 22.4 Å². The van der Waals surface area contributed by atoms with Crippen LogP contribution in [0.4, 0.5) is 8.78 Å². The number of aryl methyl sites for hydroxylation is 1. The quantitative estimate of drug-likeness (QED) is 0.260. The van der Waals surface area contributed by atoms with Crippen molar-refractivity contribution >= 4 is 28.7 Å². The number of nitrogens with zero attached hydrogens (tertiary/aromatic N) is 5. The summed E-state index contributed by atoms with van der Waals surface area (Å²) in [5, 5.41) is 0. The van der Waals surface area contributed by atoms with Gasteiger partial charge in [-0.2, -0.15) is 11.8 Å². The SMILES string of the molecule is Cc1cc(-c2cnc3cccc(-c4cc(F)c(CN5CCSCC5)c(F)c4)c3n2)ccc1C(=O)N1CCC(N(C)C)CC1. The summed E-state index contributed by atoms with van der Waals surface area (Å²) < 4.78 is 30.6. The molecule has 0 aliphatic carbocycles. The number of halogens is 2. The number of rotatable bonds is 6. The molecule has 0 spiro atoms. The van der Waals surface area contributed by atoms with Crippen LogP contribution in [0.3, 0.4) is 0 Å². The number of carbonyl (C=O) groups excluding carboxylic acids is 1. The average Bonchev–Trinajstić information content (AvgIpc) is 3.02. The summed E-state index contributed by atoms with van der Waals surface area (Å²) in [6.07, 6.45) is 3.65. The van der Waals surface area contributed by atoms with E-state index in [2.05, 4.69) is 28.9 Å². The van der Waals surface area contributed by atoms with Gasteiger partial charge in [-0.15, -0.1) is 0 Å². The number of thioether (sulfide) groups is 1. The lowest BCUT2D eigenvalue weighted by Gasteiger charge is -2.35. The monoisotopic (exact) mass is 601 g/mol. The van der Waals surface area contributed by atoms with Gasteiger partial charge in [0, 0.05) is 72.5 Å². The summed E-state index contributed by atoms with van der Waals surface area (Å²) in [5.41, 5.74) is 5.40. The number of hydrogen-bond acceptors (Lipinski definition) is 6. The van der Waals surface area contributed by atoms with E-state index in [9.17, 15) is 4.79 Å². The standard InChI is InChI=1S/C34H37F2N5OS/c1-22-17-23(7-8-26(22)34(42)41-11-9-25(10-12-41)39(2)3)32-20-37-31-6-4-5-27(33(31)38-32)24-18-29(35)28(30(36)19-24)21-40-13-15-43-16-14-40/h4-8,17-20,25H,9-16,21H2,1-3H3. The van der Waals surface area contributed by atoms with E-state index in [1.54, 1.807) is 6.20 Å². The fourth-order valence-electron chi connectivity index (χ4n) is 6.12. The minimum atomic E-state index is -0.545. The Morgan fingerprint density at radius 3 is 2.37 bits per heavy atom. The maximum absolute atomic E-state index is 15.3. The molecule has 0 saturated carbocycles. The zero-order chi connectivity index (χ0) is 30.1. The van der Waals surface area contributed by atoms with Gasteiger partial charge in [-0.3, -0.25) is 14.7 Å². The number of aromatic nitrogens is 2. The van der Waals surface area contributed by atoms with Crippen molar-refractivity contribution in [2.75, 3.05) is 51.8 Å². The van der Waals surface area contributed by atoms with E-state index in [0.29, 0.717) is 39.5 Å². The molecule has 224 valence electrons. The van der Waals surface area contributed by atoms with Crippen LogP contribution < -0.4 is 0 Å². The van der Waals surface area contributed by atoms with E-state index in [1.807, 2.05) is 60.0 Å². The van der Waals surface area contributed by atoms with Gasteiger partial charge in [-0.1, -0.05) is 18.2 Å². The van der Waals surface area contributed by atoms with Crippen molar-refractivity contribution in [3.63, 3.8) is 0 Å². The number of para-hydroxylation sites is 1.